The summed E-state index contributed by atoms with van der Waals surface area (Å²) in [6.07, 6.45) is 22.6. The van der Waals surface area contributed by atoms with Gasteiger partial charge in [0.1, 0.15) is 60.8 Å². The van der Waals surface area contributed by atoms with Gasteiger partial charge < -0.3 is 56.1 Å². The van der Waals surface area contributed by atoms with Gasteiger partial charge in [-0.05, 0) is 327 Å². The number of likely N-dealkylation sites (tertiary alicyclic amines) is 5. The molecule has 6 aliphatic heterocycles. The lowest BCUT2D eigenvalue weighted by Crippen LogP contribution is -2.49. The maximum absolute atomic E-state index is 15.3. The second-order valence-electron chi connectivity index (χ2n) is 40.0. The van der Waals surface area contributed by atoms with E-state index in [4.69, 9.17) is 50.8 Å². The van der Waals surface area contributed by atoms with Gasteiger partial charge >= 0.3 is 0 Å². The third-order valence-electron chi connectivity index (χ3n) is 29.2. The van der Waals surface area contributed by atoms with Gasteiger partial charge in [-0.3, -0.25) is 39.8 Å². The fraction of sp³-hybridized carbons (Fsp3) is 0.462. The number of amides is 2. The molecule has 7 aliphatic rings. The topological polar surface area (TPSA) is 387 Å². The van der Waals surface area contributed by atoms with Crippen LogP contribution in [0.15, 0.2) is 108 Å². The number of hydrogen-bond acceptors (Lipinski definition) is 26. The van der Waals surface area contributed by atoms with Gasteiger partial charge in [0.05, 0.1) is 48.3 Å². The molecule has 1 unspecified atom stereocenters. The summed E-state index contributed by atoms with van der Waals surface area (Å²) >= 11 is 25.0. The molecule has 772 valence electrons. The van der Waals surface area contributed by atoms with Gasteiger partial charge in [0.15, 0.2) is 52.9 Å². The number of halogens is 8. The van der Waals surface area contributed by atoms with Crippen molar-refractivity contribution >= 4 is 116 Å². The average Bonchev–Trinajstić information content (AvgIpc) is 1.32. The van der Waals surface area contributed by atoms with E-state index in [9.17, 15) is 14.7 Å². The average molecular weight is 2080 g/mol. The Kier molecular flexibility index (Phi) is 34.4. The molecular formula is C106H128Cl4F4N28O4. The number of aromatic amines is 4. The monoisotopic (exact) mass is 2070 g/mol. The van der Waals surface area contributed by atoms with Crippen LogP contribution in [0, 0.1) is 85.6 Å². The normalized spacial score (nSPS) is 18.5. The number of H-pyrrole nitrogens is 4. The summed E-state index contributed by atoms with van der Waals surface area (Å²) in [6, 6.07) is 23.2. The van der Waals surface area contributed by atoms with Gasteiger partial charge in [-0.25, -0.2) is 57.4 Å². The molecule has 0 bridgehead atoms. The Hall–Kier alpha value is -12.1. The van der Waals surface area contributed by atoms with Crippen molar-refractivity contribution in [1.82, 2.24) is 115 Å². The highest BCUT2D eigenvalue weighted by Crippen LogP contribution is 2.42. The number of aryl methyl sites for hydroxylation is 9. The Morgan fingerprint density at radius 3 is 1.18 bits per heavy atom. The molecule has 1 saturated carbocycles. The smallest absolute Gasteiger partial charge is 0.291 e. The Morgan fingerprint density at radius 2 is 0.801 bits per heavy atom. The molecular weight excluding hydrogens is 1950 g/mol. The third kappa shape index (κ3) is 26.3. The second kappa shape index (κ2) is 47.8. The quantitative estimate of drug-likeness (QED) is 0.0237. The third-order valence-corrected chi connectivity index (χ3v) is 30.3. The molecule has 11 N–H and O–H groups in total. The lowest BCUT2D eigenvalue weighted by molar-refractivity contribution is -0.137. The molecule has 40 heteroatoms. The van der Waals surface area contributed by atoms with E-state index >= 15 is 17.6 Å². The number of aliphatic hydroxyl groups is 1. The predicted octanol–water partition coefficient (Wildman–Crippen LogP) is 20.8. The van der Waals surface area contributed by atoms with E-state index in [0.717, 1.165) is 216 Å². The van der Waals surface area contributed by atoms with Crippen molar-refractivity contribution in [3.63, 3.8) is 0 Å². The molecule has 20 rings (SSSR count). The molecule has 146 heavy (non-hydrogen) atoms. The minimum atomic E-state index is -0.306. The molecule has 6 saturated heterocycles. The zero-order chi connectivity index (χ0) is 103. The fourth-order valence-corrected chi connectivity index (χ4v) is 21.9. The molecule has 15 heterocycles. The molecule has 1 aliphatic carbocycles. The van der Waals surface area contributed by atoms with Gasteiger partial charge in [-0.1, -0.05) is 64.6 Å². The van der Waals surface area contributed by atoms with Crippen molar-refractivity contribution in [2.75, 3.05) is 98.6 Å². The first-order chi connectivity index (χ1) is 70.3. The first-order valence-electron chi connectivity index (χ1n) is 50.6. The van der Waals surface area contributed by atoms with Crippen molar-refractivity contribution < 1.29 is 36.7 Å². The summed E-state index contributed by atoms with van der Waals surface area (Å²) in [7, 11) is 0. The Balaban J connectivity index is 0.000000133. The Morgan fingerprint density at radius 1 is 0.425 bits per heavy atom. The van der Waals surface area contributed by atoms with E-state index < -0.39 is 0 Å². The Labute approximate surface area is 867 Å². The van der Waals surface area contributed by atoms with E-state index in [1.165, 1.54) is 37.6 Å². The maximum Gasteiger partial charge on any atom is 0.291 e. The number of hydrogen-bond donors (Lipinski definition) is 11. The molecule has 13 aromatic rings. The SMILES string of the molecule is Cc1cc(Nc2nc(Cc3cc(C)c(C4CCN(C(=O)[C@H]5CCCN5C(C)C)CC4)cc3F)ncc2Cl)n[nH]1.Cc1cc(Nc2nc(Cc3cc(C)c(C4CCN(C(=O)c5ocnc5C)CC4)cc3F)ncc2Cl)n[nH]1.Cc1cc(Nc2nc(Cc3cc(C)c(C4CCN(C5CCC(O)CC5)CC4)cc3F)ncc2Cl)n[nH]1.Cc1cc(Nc2nc(Nc3cc(C)c(C4CCN(C5CCNC5)CC4)cc3F)ncc2Cl)n[nH]1. The first kappa shape index (κ1) is 105. The van der Waals surface area contributed by atoms with E-state index in [1.54, 1.807) is 36.1 Å². The van der Waals surface area contributed by atoms with Crippen LogP contribution in [0.4, 0.5) is 75.7 Å². The number of aliphatic hydroxyl groups excluding tert-OH is 1. The number of nitrogens with zero attached hydrogens (tertiary/aromatic N) is 18. The van der Waals surface area contributed by atoms with Crippen LogP contribution < -0.4 is 31.9 Å². The number of oxazole rings is 1. The number of anilines is 10. The van der Waals surface area contributed by atoms with Crippen LogP contribution in [0.2, 0.25) is 20.1 Å². The highest BCUT2D eigenvalue weighted by Gasteiger charge is 2.39. The van der Waals surface area contributed by atoms with Crippen molar-refractivity contribution in [1.29, 1.82) is 0 Å². The number of carbonyl (C=O) groups excluding carboxylic acids is 2. The number of carbonyl (C=O) groups is 2. The number of rotatable bonds is 25. The van der Waals surface area contributed by atoms with Crippen molar-refractivity contribution in [2.45, 2.75) is 246 Å². The van der Waals surface area contributed by atoms with Crippen molar-refractivity contribution in [3.05, 3.63) is 260 Å². The molecule has 7 fully saturated rings. The Bertz CT molecular complexity index is 6710. The summed E-state index contributed by atoms with van der Waals surface area (Å²) < 4.78 is 66.2. The number of nitrogens with one attached hydrogen (secondary N) is 10. The van der Waals surface area contributed by atoms with E-state index in [-0.39, 0.29) is 90.0 Å². The van der Waals surface area contributed by atoms with Gasteiger partial charge in [0.2, 0.25) is 17.6 Å². The molecule has 32 nitrogen and oxygen atoms in total. The largest absolute Gasteiger partial charge is 0.438 e. The van der Waals surface area contributed by atoms with Crippen LogP contribution in [0.5, 0.6) is 0 Å². The predicted molar refractivity (Wildman–Crippen MR) is 560 cm³/mol. The highest BCUT2D eigenvalue weighted by molar-refractivity contribution is 6.34. The zero-order valence-corrected chi connectivity index (χ0v) is 87.3. The molecule has 0 spiro atoms. The number of aromatic nitrogens is 17. The van der Waals surface area contributed by atoms with Gasteiger partial charge in [0.25, 0.3) is 5.91 Å². The maximum atomic E-state index is 15.3. The van der Waals surface area contributed by atoms with Crippen LogP contribution in [-0.4, -0.2) is 229 Å². The highest BCUT2D eigenvalue weighted by atomic mass is 35.5. The number of piperidine rings is 4. The summed E-state index contributed by atoms with van der Waals surface area (Å²) in [5, 5.41) is 58.0. The summed E-state index contributed by atoms with van der Waals surface area (Å²) in [5.41, 5.74) is 14.7. The summed E-state index contributed by atoms with van der Waals surface area (Å²) in [4.78, 5) is 76.3. The van der Waals surface area contributed by atoms with Crippen molar-refractivity contribution in [2.24, 2.45) is 0 Å². The lowest BCUT2D eigenvalue weighted by Gasteiger charge is -2.40. The van der Waals surface area contributed by atoms with Crippen LogP contribution in [0.3, 0.4) is 0 Å². The molecule has 2 amide bonds. The van der Waals surface area contributed by atoms with Gasteiger partial charge in [-0.15, -0.1) is 0 Å². The molecule has 0 radical (unpaired) electrons. The van der Waals surface area contributed by atoms with Crippen LogP contribution in [0.25, 0.3) is 0 Å². The molecule has 4 aromatic carbocycles. The fourth-order valence-electron chi connectivity index (χ4n) is 21.4. The second-order valence-corrected chi connectivity index (χ2v) is 41.6. The number of benzene rings is 4. The van der Waals surface area contributed by atoms with E-state index in [0.29, 0.717) is 155 Å². The molecule has 2 atom stereocenters. The summed E-state index contributed by atoms with van der Waals surface area (Å²) in [6.45, 7) is 31.8. The van der Waals surface area contributed by atoms with Crippen LogP contribution in [-0.2, 0) is 24.1 Å². The zero-order valence-electron chi connectivity index (χ0n) is 84.3. The minimum absolute atomic E-state index is 0.00853. The van der Waals surface area contributed by atoms with Crippen molar-refractivity contribution in [3.8, 4) is 0 Å². The first-order valence-corrected chi connectivity index (χ1v) is 52.1. The lowest BCUT2D eigenvalue weighted by atomic mass is 9.84. The van der Waals surface area contributed by atoms with Crippen LogP contribution >= 0.6 is 46.4 Å². The van der Waals surface area contributed by atoms with Gasteiger partial charge in [0, 0.05) is 117 Å². The standard InChI is InChI=1S/C29H37ClFN7O.C27H34ClFN6O.C26H27ClFN7O2.C24H30ClFN8/c1-17(2)38-9-5-6-25(38)29(39)37-10-7-20(8-11-37)22-15-24(31)21(12-18(22)3)14-26-32-16-23(30)28(33-26)34-27-13-19(4)35-36-27;1-16-11-19(13-25-30-15-23(28)27(31-25)32-26-12-17(2)33-34-26)24(29)14-22(16)18-7-9-35(10-8-18)20-3-5-21(36)6-4-20;1-14-8-18(10-22-29-12-20(27)25(31-22)32-23-9-15(2)33-34-23)21(28)11-19(14)17-4-6-35(7-5-17)26(36)24-16(3)30-13-37-24;1-14-9-21(29-24-28-13-19(25)23(31-24)30-22-10-15(2)32-33-22)20(26)11-18(14)16-4-7-34(8-5-16)17-3-6-27-12-17/h12-13,15-17,20,25H,5-11,14H2,1-4H3,(H2,32,33,34,35,36);11-12,14-15,18,20-21,36H,3-10,13H2,1-2H3,(H2,30,31,32,33,34);8-9,11-13,17H,4-7,10H2,1-3H3,(H2,29,31,32,33,34);9-11,13,16-17,27H,3-8,12H2,1-2H3,(H3,28,29,30,31,32,33)/t25-;;;/m1.../s1. The van der Waals surface area contributed by atoms with E-state index in [1.807, 2.05) is 102 Å². The van der Waals surface area contributed by atoms with E-state index in [2.05, 4.69) is 153 Å². The molecule has 9 aromatic heterocycles. The minimum Gasteiger partial charge on any atom is -0.438 e. The van der Waals surface area contributed by atoms with Crippen LogP contribution in [0.1, 0.15) is 252 Å². The summed E-state index contributed by atoms with van der Waals surface area (Å²) in [5.74, 6) is 6.19. The van der Waals surface area contributed by atoms with Gasteiger partial charge in [-0.2, -0.15) is 25.4 Å².